The summed E-state index contributed by atoms with van der Waals surface area (Å²) in [6, 6.07) is 21.7. The first kappa shape index (κ1) is 23.5. The SMILES string of the molecule is COc1ccc([C@H]2CC(c3ccc4ccccc4c3)=NN2C(=O)CN(C)[C@H]2CCS(=O)(=O)C2)cc1. The van der Waals surface area contributed by atoms with Gasteiger partial charge in [0.15, 0.2) is 9.84 Å². The molecule has 0 saturated carbocycles. The topological polar surface area (TPSA) is 79.3 Å². The van der Waals surface area contributed by atoms with Crippen LogP contribution in [-0.2, 0) is 14.6 Å². The van der Waals surface area contributed by atoms with E-state index in [1.807, 2.05) is 48.3 Å². The van der Waals surface area contributed by atoms with E-state index in [1.165, 1.54) is 0 Å². The van der Waals surface area contributed by atoms with Crippen LogP contribution in [0.4, 0.5) is 0 Å². The van der Waals surface area contributed by atoms with Crippen molar-refractivity contribution < 1.29 is 17.9 Å². The molecule has 1 fully saturated rings. The van der Waals surface area contributed by atoms with Crippen LogP contribution in [0.2, 0.25) is 0 Å². The second-order valence-electron chi connectivity index (χ2n) is 9.31. The number of fused-ring (bicyclic) bond motifs is 1. The van der Waals surface area contributed by atoms with Crippen LogP contribution in [0.25, 0.3) is 10.8 Å². The lowest BCUT2D eigenvalue weighted by molar-refractivity contribution is -0.134. The van der Waals surface area contributed by atoms with Crippen molar-refractivity contribution in [1.82, 2.24) is 9.91 Å². The first-order valence-electron chi connectivity index (χ1n) is 11.8. The summed E-state index contributed by atoms with van der Waals surface area (Å²) in [5.41, 5.74) is 2.83. The molecule has 0 aromatic heterocycles. The highest BCUT2D eigenvalue weighted by molar-refractivity contribution is 7.91. The Bertz CT molecular complexity index is 1390. The summed E-state index contributed by atoms with van der Waals surface area (Å²) in [5, 5.41) is 8.65. The van der Waals surface area contributed by atoms with Gasteiger partial charge in [0.05, 0.1) is 36.9 Å². The molecule has 3 aromatic carbocycles. The zero-order valence-corrected chi connectivity index (χ0v) is 20.7. The molecule has 35 heavy (non-hydrogen) atoms. The molecule has 0 N–H and O–H groups in total. The third-order valence-corrected chi connectivity index (χ3v) is 8.72. The summed E-state index contributed by atoms with van der Waals surface area (Å²) in [4.78, 5) is 15.3. The van der Waals surface area contributed by atoms with Gasteiger partial charge in [-0.05, 0) is 53.6 Å². The van der Waals surface area contributed by atoms with Crippen LogP contribution in [0.1, 0.15) is 30.0 Å². The summed E-state index contributed by atoms with van der Waals surface area (Å²) in [7, 11) is 0.416. The molecule has 1 amide bonds. The van der Waals surface area contributed by atoms with Gasteiger partial charge in [-0.1, -0.05) is 48.5 Å². The molecule has 0 aliphatic carbocycles. The van der Waals surface area contributed by atoms with Crippen molar-refractivity contribution in [3.05, 3.63) is 77.9 Å². The van der Waals surface area contributed by atoms with E-state index in [-0.39, 0.29) is 36.0 Å². The summed E-state index contributed by atoms with van der Waals surface area (Å²) in [6.45, 7) is 0.112. The Morgan fingerprint density at radius 3 is 2.51 bits per heavy atom. The maximum Gasteiger partial charge on any atom is 0.257 e. The quantitative estimate of drug-likeness (QED) is 0.526. The number of methoxy groups -OCH3 is 1. The summed E-state index contributed by atoms with van der Waals surface area (Å²) >= 11 is 0. The van der Waals surface area contributed by atoms with Gasteiger partial charge in [-0.2, -0.15) is 5.10 Å². The number of hydrazone groups is 1. The maximum absolute atomic E-state index is 13.5. The number of ether oxygens (including phenoxy) is 1. The number of carbonyl (C=O) groups is 1. The second kappa shape index (κ2) is 9.43. The van der Waals surface area contributed by atoms with Crippen molar-refractivity contribution in [2.45, 2.75) is 24.9 Å². The van der Waals surface area contributed by atoms with E-state index < -0.39 is 9.84 Å². The Labute approximate surface area is 205 Å². The Balaban J connectivity index is 1.43. The zero-order valence-electron chi connectivity index (χ0n) is 19.9. The predicted molar refractivity (Wildman–Crippen MR) is 137 cm³/mol. The highest BCUT2D eigenvalue weighted by Gasteiger charge is 2.36. The van der Waals surface area contributed by atoms with Gasteiger partial charge in [-0.3, -0.25) is 9.69 Å². The van der Waals surface area contributed by atoms with Gasteiger partial charge in [0, 0.05) is 12.5 Å². The van der Waals surface area contributed by atoms with E-state index >= 15 is 0 Å². The molecule has 8 heteroatoms. The van der Waals surface area contributed by atoms with Gasteiger partial charge in [0.1, 0.15) is 5.75 Å². The molecule has 0 unspecified atom stereocenters. The van der Waals surface area contributed by atoms with E-state index in [9.17, 15) is 13.2 Å². The largest absolute Gasteiger partial charge is 0.497 e. The molecule has 0 bridgehead atoms. The summed E-state index contributed by atoms with van der Waals surface area (Å²) < 4.78 is 29.1. The lowest BCUT2D eigenvalue weighted by atomic mass is 9.97. The van der Waals surface area contributed by atoms with Crippen molar-refractivity contribution >= 4 is 32.2 Å². The van der Waals surface area contributed by atoms with Gasteiger partial charge in [-0.15, -0.1) is 0 Å². The molecule has 1 saturated heterocycles. The molecule has 0 radical (unpaired) electrons. The third kappa shape index (κ3) is 4.94. The molecule has 5 rings (SSSR count). The number of nitrogens with zero attached hydrogens (tertiary/aromatic N) is 3. The highest BCUT2D eigenvalue weighted by Crippen LogP contribution is 2.34. The predicted octanol–water partition coefficient (Wildman–Crippen LogP) is 3.65. The third-order valence-electron chi connectivity index (χ3n) is 6.97. The zero-order chi connectivity index (χ0) is 24.6. The molecule has 182 valence electrons. The molecule has 2 atom stereocenters. The summed E-state index contributed by atoms with van der Waals surface area (Å²) in [5.74, 6) is 0.888. The van der Waals surface area contributed by atoms with Crippen LogP contribution < -0.4 is 4.74 Å². The smallest absolute Gasteiger partial charge is 0.257 e. The van der Waals surface area contributed by atoms with Gasteiger partial charge < -0.3 is 4.74 Å². The first-order chi connectivity index (χ1) is 16.8. The number of amides is 1. The molecule has 3 aromatic rings. The van der Waals surface area contributed by atoms with Gasteiger partial charge >= 0.3 is 0 Å². The van der Waals surface area contributed by atoms with E-state index in [2.05, 4.69) is 30.3 Å². The van der Waals surface area contributed by atoms with E-state index in [0.717, 1.165) is 33.4 Å². The number of benzene rings is 3. The Morgan fingerprint density at radius 2 is 1.83 bits per heavy atom. The van der Waals surface area contributed by atoms with E-state index in [0.29, 0.717) is 12.8 Å². The molecule has 2 aliphatic heterocycles. The fourth-order valence-corrected chi connectivity index (χ4v) is 6.71. The molecule has 7 nitrogen and oxygen atoms in total. The fraction of sp³-hybridized carbons (Fsp3) is 0.333. The standard InChI is InChI=1S/C27H29N3O4S/c1-29(23-13-14-35(32,33)18-23)17-27(31)30-26(20-9-11-24(34-2)12-10-20)16-25(28-30)22-8-7-19-5-3-4-6-21(19)15-22/h3-12,15,23,26H,13-14,16-18H2,1-2H3/t23-,26+/m0/s1. The number of likely N-dealkylation sites (N-methyl/N-ethyl adjacent to an activating group) is 1. The highest BCUT2D eigenvalue weighted by atomic mass is 32.2. The minimum Gasteiger partial charge on any atom is -0.497 e. The fourth-order valence-electron chi connectivity index (χ4n) is 4.91. The number of sulfone groups is 1. The maximum atomic E-state index is 13.5. The number of hydrogen-bond acceptors (Lipinski definition) is 6. The number of rotatable bonds is 6. The van der Waals surface area contributed by atoms with Gasteiger partial charge in [-0.25, -0.2) is 13.4 Å². The van der Waals surface area contributed by atoms with Crippen LogP contribution in [0.15, 0.2) is 71.8 Å². The lowest BCUT2D eigenvalue weighted by Gasteiger charge is -2.27. The molecular formula is C27H29N3O4S. The van der Waals surface area contributed by atoms with Gasteiger partial charge in [0.25, 0.3) is 5.91 Å². The van der Waals surface area contributed by atoms with Crippen LogP contribution >= 0.6 is 0 Å². The summed E-state index contributed by atoms with van der Waals surface area (Å²) in [6.07, 6.45) is 1.15. The average Bonchev–Trinajstić information content (AvgIpc) is 3.47. The lowest BCUT2D eigenvalue weighted by Crippen LogP contribution is -2.41. The normalized spacial score (nSPS) is 21.5. The Kier molecular flexibility index (Phi) is 6.34. The van der Waals surface area contributed by atoms with Crippen molar-refractivity contribution in [3.8, 4) is 5.75 Å². The monoisotopic (exact) mass is 491 g/mol. The van der Waals surface area contributed by atoms with E-state index in [1.54, 1.807) is 12.1 Å². The number of hydrogen-bond donors (Lipinski definition) is 0. The Morgan fingerprint density at radius 1 is 1.09 bits per heavy atom. The van der Waals surface area contributed by atoms with Gasteiger partial charge in [0.2, 0.25) is 0 Å². The van der Waals surface area contributed by atoms with Crippen LogP contribution in [0.5, 0.6) is 5.75 Å². The second-order valence-corrected chi connectivity index (χ2v) is 11.5. The minimum absolute atomic E-state index is 0.101. The van der Waals surface area contributed by atoms with Crippen LogP contribution in [0.3, 0.4) is 0 Å². The molecule has 2 heterocycles. The molecular weight excluding hydrogens is 462 g/mol. The van der Waals surface area contributed by atoms with Crippen LogP contribution in [0, 0.1) is 0 Å². The number of carbonyl (C=O) groups excluding carboxylic acids is 1. The van der Waals surface area contributed by atoms with Crippen molar-refractivity contribution in [2.75, 3.05) is 32.2 Å². The molecule has 2 aliphatic rings. The van der Waals surface area contributed by atoms with E-state index in [4.69, 9.17) is 9.84 Å². The average molecular weight is 492 g/mol. The minimum atomic E-state index is -3.02. The van der Waals surface area contributed by atoms with Crippen molar-refractivity contribution in [3.63, 3.8) is 0 Å². The Hall–Kier alpha value is -3.23. The van der Waals surface area contributed by atoms with Crippen molar-refractivity contribution in [2.24, 2.45) is 5.10 Å². The van der Waals surface area contributed by atoms with Crippen LogP contribution in [-0.4, -0.2) is 68.2 Å². The molecule has 0 spiro atoms. The first-order valence-corrected chi connectivity index (χ1v) is 13.6. The van der Waals surface area contributed by atoms with Crippen molar-refractivity contribution in [1.29, 1.82) is 0 Å².